The van der Waals surface area contributed by atoms with Crippen LogP contribution in [0.25, 0.3) is 0 Å². The van der Waals surface area contributed by atoms with E-state index in [1.165, 1.54) is 0 Å². The average Bonchev–Trinajstić information content (AvgIpc) is 2.42. The molecule has 6 heteroatoms. The molecule has 3 N–H and O–H groups in total. The van der Waals surface area contributed by atoms with Crippen molar-refractivity contribution in [1.29, 1.82) is 0 Å². The van der Waals surface area contributed by atoms with Crippen LogP contribution in [0.1, 0.15) is 12.5 Å². The molecule has 106 valence electrons. The molecule has 0 aliphatic heterocycles. The Bertz CT molecular complexity index is 413. The van der Waals surface area contributed by atoms with Crippen molar-refractivity contribution in [3.63, 3.8) is 0 Å². The van der Waals surface area contributed by atoms with E-state index in [0.29, 0.717) is 12.3 Å². The topological polar surface area (TPSA) is 64.4 Å². The molecule has 0 fully saturated rings. The molecule has 1 amide bonds. The third kappa shape index (κ3) is 5.65. The van der Waals surface area contributed by atoms with E-state index in [1.807, 2.05) is 0 Å². The molecule has 0 radical (unpaired) electrons. The number of carbonyl (C=O) groups excluding carboxylic acids is 1. The Balaban J connectivity index is 2.50. The third-order valence-corrected chi connectivity index (χ3v) is 2.54. The Morgan fingerprint density at radius 1 is 1.47 bits per heavy atom. The van der Waals surface area contributed by atoms with Gasteiger partial charge >= 0.3 is 0 Å². The van der Waals surface area contributed by atoms with Crippen molar-refractivity contribution in [2.24, 2.45) is 11.7 Å². The van der Waals surface area contributed by atoms with Gasteiger partial charge in [-0.15, -0.1) is 0 Å². The zero-order valence-corrected chi connectivity index (χ0v) is 10.7. The molecule has 1 aromatic carbocycles. The summed E-state index contributed by atoms with van der Waals surface area (Å²) >= 11 is 0. The minimum atomic E-state index is -2.51. The van der Waals surface area contributed by atoms with E-state index < -0.39 is 13.0 Å². The van der Waals surface area contributed by atoms with E-state index in [2.05, 4.69) is 5.32 Å². The highest BCUT2D eigenvalue weighted by Crippen LogP contribution is 2.14. The van der Waals surface area contributed by atoms with Crippen LogP contribution in [0.3, 0.4) is 0 Å². The lowest BCUT2D eigenvalue weighted by atomic mass is 10.1. The largest absolute Gasteiger partial charge is 0.488 e. The van der Waals surface area contributed by atoms with Crippen LogP contribution in [-0.2, 0) is 11.3 Å². The normalized spacial score (nSPS) is 12.3. The van der Waals surface area contributed by atoms with Crippen LogP contribution in [0.5, 0.6) is 5.75 Å². The van der Waals surface area contributed by atoms with Gasteiger partial charge in [0.25, 0.3) is 6.43 Å². The predicted molar refractivity (Wildman–Crippen MR) is 68.0 cm³/mol. The molecule has 1 unspecified atom stereocenters. The highest BCUT2D eigenvalue weighted by Gasteiger charge is 2.10. The highest BCUT2D eigenvalue weighted by molar-refractivity contribution is 5.78. The molecule has 0 aromatic heterocycles. The number of carbonyl (C=O) groups is 1. The molecule has 0 aliphatic carbocycles. The number of ether oxygens (including phenoxy) is 1. The van der Waals surface area contributed by atoms with E-state index in [0.717, 1.165) is 5.56 Å². The third-order valence-electron chi connectivity index (χ3n) is 2.54. The average molecular weight is 272 g/mol. The second kappa shape index (κ2) is 7.68. The molecule has 4 nitrogen and oxygen atoms in total. The monoisotopic (exact) mass is 272 g/mol. The summed E-state index contributed by atoms with van der Waals surface area (Å²) < 4.78 is 28.9. The number of nitrogens with two attached hydrogens (primary N) is 1. The fraction of sp³-hybridized carbons (Fsp3) is 0.462. The quantitative estimate of drug-likeness (QED) is 0.791. The van der Waals surface area contributed by atoms with Crippen LogP contribution >= 0.6 is 0 Å². The number of rotatable bonds is 7. The first-order chi connectivity index (χ1) is 9.02. The number of alkyl halides is 2. The van der Waals surface area contributed by atoms with Crippen molar-refractivity contribution >= 4 is 5.91 Å². The van der Waals surface area contributed by atoms with Crippen molar-refractivity contribution in [2.45, 2.75) is 19.9 Å². The van der Waals surface area contributed by atoms with Gasteiger partial charge in [-0.25, -0.2) is 8.78 Å². The van der Waals surface area contributed by atoms with Crippen molar-refractivity contribution in [2.75, 3.05) is 13.2 Å². The lowest BCUT2D eigenvalue weighted by Crippen LogP contribution is -2.32. The summed E-state index contributed by atoms with van der Waals surface area (Å²) in [6, 6.07) is 6.68. The maximum absolute atomic E-state index is 12.0. The van der Waals surface area contributed by atoms with Crippen molar-refractivity contribution < 1.29 is 18.3 Å². The van der Waals surface area contributed by atoms with Crippen molar-refractivity contribution in [3.8, 4) is 5.75 Å². The lowest BCUT2D eigenvalue weighted by molar-refractivity contribution is -0.124. The van der Waals surface area contributed by atoms with Crippen LogP contribution in [-0.4, -0.2) is 25.5 Å². The van der Waals surface area contributed by atoms with Crippen molar-refractivity contribution in [1.82, 2.24) is 5.32 Å². The summed E-state index contributed by atoms with van der Waals surface area (Å²) in [6.45, 7) is 1.69. The van der Waals surface area contributed by atoms with Gasteiger partial charge in [-0.05, 0) is 17.7 Å². The number of hydrogen-bond donors (Lipinski definition) is 2. The minimum Gasteiger partial charge on any atom is -0.488 e. The van der Waals surface area contributed by atoms with Gasteiger partial charge in [0.2, 0.25) is 5.91 Å². The second-order valence-electron chi connectivity index (χ2n) is 4.20. The van der Waals surface area contributed by atoms with Gasteiger partial charge in [0.1, 0.15) is 12.4 Å². The lowest BCUT2D eigenvalue weighted by Gasteiger charge is -2.11. The van der Waals surface area contributed by atoms with E-state index >= 15 is 0 Å². The summed E-state index contributed by atoms with van der Waals surface area (Å²) in [5.74, 6) is -0.0291. The molecule has 1 atom stereocenters. The van der Waals surface area contributed by atoms with Gasteiger partial charge in [0.15, 0.2) is 0 Å². The second-order valence-corrected chi connectivity index (χ2v) is 4.20. The van der Waals surface area contributed by atoms with Gasteiger partial charge in [0.05, 0.1) is 0 Å². The Morgan fingerprint density at radius 2 is 2.21 bits per heavy atom. The summed E-state index contributed by atoms with van der Waals surface area (Å²) in [5.41, 5.74) is 6.16. The summed E-state index contributed by atoms with van der Waals surface area (Å²) in [6.07, 6.45) is -2.51. The van der Waals surface area contributed by atoms with Crippen LogP contribution < -0.4 is 15.8 Å². The Hall–Kier alpha value is -1.69. The molecular formula is C13H18F2N2O2. The first kappa shape index (κ1) is 15.4. The number of amides is 1. The van der Waals surface area contributed by atoms with Gasteiger partial charge in [-0.2, -0.15) is 0 Å². The van der Waals surface area contributed by atoms with E-state index in [-0.39, 0.29) is 18.4 Å². The summed E-state index contributed by atoms with van der Waals surface area (Å²) in [7, 11) is 0. The van der Waals surface area contributed by atoms with Crippen molar-refractivity contribution in [3.05, 3.63) is 29.8 Å². The maximum Gasteiger partial charge on any atom is 0.272 e. The molecule has 1 aromatic rings. The van der Waals surface area contributed by atoms with Gasteiger partial charge in [-0.3, -0.25) is 4.79 Å². The SMILES string of the molecule is CC(CN)C(=O)NCc1cccc(OCC(F)F)c1. The first-order valence-corrected chi connectivity index (χ1v) is 6.00. The van der Waals surface area contributed by atoms with Crippen LogP contribution in [0.4, 0.5) is 8.78 Å². The summed E-state index contributed by atoms with van der Waals surface area (Å²) in [4.78, 5) is 11.5. The fourth-order valence-corrected chi connectivity index (χ4v) is 1.37. The summed E-state index contributed by atoms with van der Waals surface area (Å²) in [5, 5.41) is 2.72. The van der Waals surface area contributed by atoms with Gasteiger partial charge in [-0.1, -0.05) is 19.1 Å². The van der Waals surface area contributed by atoms with E-state index in [9.17, 15) is 13.6 Å². The zero-order valence-electron chi connectivity index (χ0n) is 10.7. The van der Waals surface area contributed by atoms with Gasteiger partial charge in [0, 0.05) is 19.0 Å². The number of hydrogen-bond acceptors (Lipinski definition) is 3. The van der Waals surface area contributed by atoms with Gasteiger partial charge < -0.3 is 15.8 Å². The smallest absolute Gasteiger partial charge is 0.272 e. The minimum absolute atomic E-state index is 0.138. The number of nitrogens with one attached hydrogen (secondary N) is 1. The van der Waals surface area contributed by atoms with E-state index in [4.69, 9.17) is 10.5 Å². The van der Waals surface area contributed by atoms with E-state index in [1.54, 1.807) is 31.2 Å². The molecule has 19 heavy (non-hydrogen) atoms. The van der Waals surface area contributed by atoms with Crippen LogP contribution in [0.2, 0.25) is 0 Å². The predicted octanol–water partition coefficient (Wildman–Crippen LogP) is 1.54. The highest BCUT2D eigenvalue weighted by atomic mass is 19.3. The Kier molecular flexibility index (Phi) is 6.21. The molecule has 0 saturated heterocycles. The fourth-order valence-electron chi connectivity index (χ4n) is 1.37. The number of benzene rings is 1. The van der Waals surface area contributed by atoms with Crippen LogP contribution in [0, 0.1) is 5.92 Å². The van der Waals surface area contributed by atoms with Crippen LogP contribution in [0.15, 0.2) is 24.3 Å². The Morgan fingerprint density at radius 3 is 2.84 bits per heavy atom. The molecule has 0 heterocycles. The molecule has 0 bridgehead atoms. The molecule has 0 saturated carbocycles. The molecule has 0 aliphatic rings. The molecule has 0 spiro atoms. The molecule has 1 rings (SSSR count). The maximum atomic E-state index is 12.0. The molecular weight excluding hydrogens is 254 g/mol. The standard InChI is InChI=1S/C13H18F2N2O2/c1-9(6-16)13(18)17-7-10-3-2-4-11(5-10)19-8-12(14)15/h2-5,9,12H,6-8,16H2,1H3,(H,17,18). The number of halogens is 2. The first-order valence-electron chi connectivity index (χ1n) is 6.00. The zero-order chi connectivity index (χ0) is 14.3. The Labute approximate surface area is 110 Å².